The lowest BCUT2D eigenvalue weighted by Crippen LogP contribution is -2.20. The Morgan fingerprint density at radius 2 is 1.75 bits per heavy atom. The number of carbonyl (C=O) groups excluding carboxylic acids is 1. The van der Waals surface area contributed by atoms with Crippen LogP contribution in [-0.4, -0.2) is 31.7 Å². The summed E-state index contributed by atoms with van der Waals surface area (Å²) in [5.74, 6) is 1.65. The van der Waals surface area contributed by atoms with Gasteiger partial charge >= 0.3 is 0 Å². The van der Waals surface area contributed by atoms with Gasteiger partial charge in [0, 0.05) is 10.4 Å². The van der Waals surface area contributed by atoms with Gasteiger partial charge in [-0.2, -0.15) is 0 Å². The number of rotatable bonds is 7. The number of aryl methyl sites for hydroxylation is 2. The van der Waals surface area contributed by atoms with Gasteiger partial charge in [-0.15, -0.1) is 11.3 Å². The van der Waals surface area contributed by atoms with E-state index in [-0.39, 0.29) is 12.5 Å². The lowest BCUT2D eigenvalue weighted by atomic mass is 10.1. The smallest absolute Gasteiger partial charge is 0.264 e. The van der Waals surface area contributed by atoms with Crippen LogP contribution in [0.2, 0.25) is 0 Å². The summed E-state index contributed by atoms with van der Waals surface area (Å²) in [7, 11) is 3.21. The van der Waals surface area contributed by atoms with E-state index in [2.05, 4.69) is 10.3 Å². The van der Waals surface area contributed by atoms with Gasteiger partial charge in [-0.3, -0.25) is 10.1 Å². The Labute approximate surface area is 168 Å². The molecule has 0 aliphatic heterocycles. The minimum atomic E-state index is -0.280. The van der Waals surface area contributed by atoms with Gasteiger partial charge < -0.3 is 14.2 Å². The summed E-state index contributed by atoms with van der Waals surface area (Å²) in [6.45, 7) is 3.84. The van der Waals surface area contributed by atoms with Gasteiger partial charge in [-0.05, 0) is 49.7 Å². The number of aromatic nitrogens is 1. The number of para-hydroxylation sites is 2. The van der Waals surface area contributed by atoms with Gasteiger partial charge in [0.15, 0.2) is 23.2 Å². The molecule has 1 amide bonds. The van der Waals surface area contributed by atoms with Crippen molar-refractivity contribution in [2.75, 3.05) is 26.1 Å². The maximum Gasteiger partial charge on any atom is 0.264 e. The first-order chi connectivity index (χ1) is 13.5. The van der Waals surface area contributed by atoms with E-state index >= 15 is 0 Å². The van der Waals surface area contributed by atoms with Gasteiger partial charge in [0.1, 0.15) is 5.75 Å². The normalized spacial score (nSPS) is 10.4. The van der Waals surface area contributed by atoms with E-state index in [1.54, 1.807) is 26.4 Å². The largest absolute Gasteiger partial charge is 0.496 e. The Morgan fingerprint density at radius 3 is 2.43 bits per heavy atom. The molecule has 0 spiro atoms. The number of ether oxygens (including phenoxy) is 3. The zero-order chi connectivity index (χ0) is 20.1. The van der Waals surface area contributed by atoms with Crippen molar-refractivity contribution in [2.24, 2.45) is 0 Å². The third-order valence-electron chi connectivity index (χ3n) is 4.14. The van der Waals surface area contributed by atoms with Crippen LogP contribution in [0, 0.1) is 13.8 Å². The van der Waals surface area contributed by atoms with Gasteiger partial charge in [0.25, 0.3) is 5.91 Å². The molecule has 3 aromatic rings. The fourth-order valence-corrected chi connectivity index (χ4v) is 3.63. The van der Waals surface area contributed by atoms with Crippen LogP contribution >= 0.6 is 11.3 Å². The molecule has 0 radical (unpaired) electrons. The lowest BCUT2D eigenvalue weighted by molar-refractivity contribution is -0.118. The summed E-state index contributed by atoms with van der Waals surface area (Å²) in [6.07, 6.45) is 0. The van der Waals surface area contributed by atoms with Gasteiger partial charge in [0.05, 0.1) is 19.9 Å². The third-order valence-corrected chi connectivity index (χ3v) is 5.03. The average Bonchev–Trinajstić information content (AvgIpc) is 3.06. The summed E-state index contributed by atoms with van der Waals surface area (Å²) >= 11 is 1.43. The third kappa shape index (κ3) is 4.43. The topological polar surface area (TPSA) is 69.7 Å². The number of amides is 1. The number of nitrogens with one attached hydrogen (secondary N) is 1. The van der Waals surface area contributed by atoms with Crippen molar-refractivity contribution in [3.8, 4) is 28.5 Å². The molecule has 7 heteroatoms. The van der Waals surface area contributed by atoms with Crippen molar-refractivity contribution in [3.63, 3.8) is 0 Å². The first-order valence-electron chi connectivity index (χ1n) is 8.70. The number of hydrogen-bond acceptors (Lipinski definition) is 6. The van der Waals surface area contributed by atoms with Gasteiger partial charge in [-0.25, -0.2) is 4.98 Å². The summed E-state index contributed by atoms with van der Waals surface area (Å²) in [6, 6.07) is 13.1. The van der Waals surface area contributed by atoms with Crippen molar-refractivity contribution in [1.29, 1.82) is 0 Å². The number of nitrogens with zero attached hydrogens (tertiary/aromatic N) is 1. The Hall–Kier alpha value is -3.06. The molecule has 6 nitrogen and oxygen atoms in total. The molecule has 1 aromatic heterocycles. The standard InChI is InChI=1S/C21H22N2O4S/c1-13-11-15(9-10-16(13)25-3)20-14(2)28-21(23-20)22-19(24)12-27-18-8-6-5-7-17(18)26-4/h5-11H,12H2,1-4H3,(H,22,23,24). The van der Waals surface area contributed by atoms with Crippen molar-refractivity contribution < 1.29 is 19.0 Å². The molecule has 2 aromatic carbocycles. The van der Waals surface area contributed by atoms with Crippen molar-refractivity contribution >= 4 is 22.4 Å². The van der Waals surface area contributed by atoms with Gasteiger partial charge in [0.2, 0.25) is 0 Å². The molecule has 0 aliphatic carbocycles. The molecule has 0 unspecified atom stereocenters. The Bertz CT molecular complexity index is 984. The first-order valence-corrected chi connectivity index (χ1v) is 9.51. The first kappa shape index (κ1) is 19.7. The zero-order valence-corrected chi connectivity index (χ0v) is 17.1. The molecule has 3 rings (SSSR count). The minimum absolute atomic E-state index is 0.129. The van der Waals surface area contributed by atoms with Crippen LogP contribution in [0.25, 0.3) is 11.3 Å². The molecular weight excluding hydrogens is 376 g/mol. The number of hydrogen-bond donors (Lipinski definition) is 1. The van der Waals surface area contributed by atoms with Crippen LogP contribution in [0.4, 0.5) is 5.13 Å². The molecule has 1 N–H and O–H groups in total. The highest BCUT2D eigenvalue weighted by molar-refractivity contribution is 7.16. The fraction of sp³-hybridized carbons (Fsp3) is 0.238. The highest BCUT2D eigenvalue weighted by atomic mass is 32.1. The van der Waals surface area contributed by atoms with Crippen molar-refractivity contribution in [3.05, 3.63) is 52.9 Å². The Balaban J connectivity index is 1.67. The van der Waals surface area contributed by atoms with Crippen LogP contribution < -0.4 is 19.5 Å². The molecule has 0 bridgehead atoms. The maximum atomic E-state index is 12.3. The van der Waals surface area contributed by atoms with E-state index in [1.807, 2.05) is 44.2 Å². The zero-order valence-electron chi connectivity index (χ0n) is 16.2. The molecule has 28 heavy (non-hydrogen) atoms. The van der Waals surface area contributed by atoms with Crippen LogP contribution in [0.15, 0.2) is 42.5 Å². The van der Waals surface area contributed by atoms with Crippen LogP contribution in [-0.2, 0) is 4.79 Å². The maximum absolute atomic E-state index is 12.3. The van der Waals surface area contributed by atoms with E-state index < -0.39 is 0 Å². The number of methoxy groups -OCH3 is 2. The Kier molecular flexibility index (Phi) is 6.16. The Morgan fingerprint density at radius 1 is 1.04 bits per heavy atom. The second-order valence-electron chi connectivity index (χ2n) is 6.10. The minimum Gasteiger partial charge on any atom is -0.496 e. The van der Waals surface area contributed by atoms with Crippen LogP contribution in [0.1, 0.15) is 10.4 Å². The predicted molar refractivity (Wildman–Crippen MR) is 111 cm³/mol. The molecule has 1 heterocycles. The van der Waals surface area contributed by atoms with Crippen LogP contribution in [0.3, 0.4) is 0 Å². The molecule has 0 saturated heterocycles. The molecule has 0 fully saturated rings. The summed E-state index contributed by atoms with van der Waals surface area (Å²) in [5.41, 5.74) is 2.86. The van der Waals surface area contributed by atoms with E-state index in [4.69, 9.17) is 14.2 Å². The molecule has 146 valence electrons. The second kappa shape index (κ2) is 8.75. The van der Waals surface area contributed by atoms with E-state index in [9.17, 15) is 4.79 Å². The number of benzene rings is 2. The quantitative estimate of drug-likeness (QED) is 0.636. The number of thiazole rings is 1. The monoisotopic (exact) mass is 398 g/mol. The number of anilines is 1. The summed E-state index contributed by atoms with van der Waals surface area (Å²) in [5, 5.41) is 3.33. The lowest BCUT2D eigenvalue weighted by Gasteiger charge is -2.09. The molecule has 0 saturated carbocycles. The van der Waals surface area contributed by atoms with E-state index in [1.165, 1.54) is 11.3 Å². The van der Waals surface area contributed by atoms with Crippen molar-refractivity contribution in [2.45, 2.75) is 13.8 Å². The predicted octanol–water partition coefficient (Wildman–Crippen LogP) is 4.46. The highest BCUT2D eigenvalue weighted by Crippen LogP contribution is 2.33. The second-order valence-corrected chi connectivity index (χ2v) is 7.30. The highest BCUT2D eigenvalue weighted by Gasteiger charge is 2.14. The average molecular weight is 398 g/mol. The van der Waals surface area contributed by atoms with E-state index in [0.29, 0.717) is 16.6 Å². The molecule has 0 aliphatic rings. The SMILES string of the molecule is COc1ccc(-c2nc(NC(=O)COc3ccccc3OC)sc2C)cc1C. The fourth-order valence-electron chi connectivity index (χ4n) is 2.78. The van der Waals surface area contributed by atoms with Crippen molar-refractivity contribution in [1.82, 2.24) is 4.98 Å². The van der Waals surface area contributed by atoms with E-state index in [0.717, 1.165) is 27.4 Å². The van der Waals surface area contributed by atoms with Crippen LogP contribution in [0.5, 0.6) is 17.2 Å². The van der Waals surface area contributed by atoms with Gasteiger partial charge in [-0.1, -0.05) is 12.1 Å². The summed E-state index contributed by atoms with van der Waals surface area (Å²) in [4.78, 5) is 17.8. The number of carbonyl (C=O) groups is 1. The molecule has 0 atom stereocenters. The molecular formula is C21H22N2O4S. The summed E-state index contributed by atoms with van der Waals surface area (Å²) < 4.78 is 16.1.